The first-order valence-electron chi connectivity index (χ1n) is 10.7. The van der Waals surface area contributed by atoms with Crippen molar-refractivity contribution >= 4 is 51.9 Å². The number of ether oxygens (including phenoxy) is 2. The lowest BCUT2D eigenvalue weighted by Crippen LogP contribution is -2.20. The van der Waals surface area contributed by atoms with Crippen LogP contribution >= 0.6 is 22.6 Å². The lowest BCUT2D eigenvalue weighted by molar-refractivity contribution is -0.118. The molecule has 0 radical (unpaired) electrons. The molecule has 0 saturated carbocycles. The minimum Gasteiger partial charge on any atom is -0.493 e. The monoisotopic (exact) mass is 581 g/mol. The normalized spacial score (nSPS) is 10.8. The second-order valence-electron chi connectivity index (χ2n) is 7.68. The SMILES string of the molecule is COc1cc(/C=C(\C#N)C(=O)Nc2ccc(C)cc2C)cc(I)c1OCC(=O)Nc1ccccc1. The number of para-hydroxylation sites is 1. The number of benzene rings is 3. The summed E-state index contributed by atoms with van der Waals surface area (Å²) in [6.45, 7) is 3.65. The highest BCUT2D eigenvalue weighted by Crippen LogP contribution is 2.34. The number of halogens is 1. The van der Waals surface area contributed by atoms with Gasteiger partial charge in [0.1, 0.15) is 11.6 Å². The molecule has 0 saturated heterocycles. The lowest BCUT2D eigenvalue weighted by Gasteiger charge is -2.14. The van der Waals surface area contributed by atoms with E-state index in [-0.39, 0.29) is 18.1 Å². The van der Waals surface area contributed by atoms with Crippen LogP contribution in [0, 0.1) is 28.7 Å². The summed E-state index contributed by atoms with van der Waals surface area (Å²) >= 11 is 2.06. The van der Waals surface area contributed by atoms with E-state index in [2.05, 4.69) is 33.2 Å². The molecule has 2 amide bonds. The van der Waals surface area contributed by atoms with Gasteiger partial charge in [-0.25, -0.2) is 0 Å². The zero-order chi connectivity index (χ0) is 25.4. The number of carbonyl (C=O) groups excluding carboxylic acids is 2. The number of nitrogens with zero attached hydrogens (tertiary/aromatic N) is 1. The van der Waals surface area contributed by atoms with Crippen LogP contribution in [0.3, 0.4) is 0 Å². The number of amides is 2. The van der Waals surface area contributed by atoms with E-state index in [4.69, 9.17) is 9.47 Å². The van der Waals surface area contributed by atoms with E-state index in [1.165, 1.54) is 13.2 Å². The van der Waals surface area contributed by atoms with Gasteiger partial charge in [0.25, 0.3) is 11.8 Å². The molecular formula is C27H24IN3O4. The van der Waals surface area contributed by atoms with Crippen LogP contribution in [0.5, 0.6) is 11.5 Å². The molecule has 0 aliphatic carbocycles. The molecule has 3 aromatic carbocycles. The summed E-state index contributed by atoms with van der Waals surface area (Å²) in [7, 11) is 1.48. The van der Waals surface area contributed by atoms with Gasteiger partial charge >= 0.3 is 0 Å². The van der Waals surface area contributed by atoms with E-state index >= 15 is 0 Å². The predicted molar refractivity (Wildman–Crippen MR) is 144 cm³/mol. The smallest absolute Gasteiger partial charge is 0.266 e. The maximum atomic E-state index is 12.7. The van der Waals surface area contributed by atoms with Crippen LogP contribution in [0.4, 0.5) is 11.4 Å². The van der Waals surface area contributed by atoms with Gasteiger partial charge in [0, 0.05) is 11.4 Å². The molecule has 178 valence electrons. The van der Waals surface area contributed by atoms with E-state index in [1.54, 1.807) is 24.3 Å². The second-order valence-corrected chi connectivity index (χ2v) is 8.84. The van der Waals surface area contributed by atoms with E-state index in [1.807, 2.05) is 56.3 Å². The van der Waals surface area contributed by atoms with Crippen LogP contribution in [0.25, 0.3) is 6.08 Å². The number of hydrogen-bond donors (Lipinski definition) is 2. The van der Waals surface area contributed by atoms with Gasteiger partial charge < -0.3 is 20.1 Å². The van der Waals surface area contributed by atoms with Crippen molar-refractivity contribution in [2.45, 2.75) is 13.8 Å². The minimum absolute atomic E-state index is 0.0567. The molecule has 8 heteroatoms. The summed E-state index contributed by atoms with van der Waals surface area (Å²) in [4.78, 5) is 25.0. The van der Waals surface area contributed by atoms with Gasteiger partial charge in [-0.3, -0.25) is 9.59 Å². The van der Waals surface area contributed by atoms with Crippen molar-refractivity contribution in [3.05, 3.63) is 86.5 Å². The molecule has 0 heterocycles. The van der Waals surface area contributed by atoms with Crippen LogP contribution in [0.15, 0.2) is 66.2 Å². The first kappa shape index (κ1) is 25.8. The van der Waals surface area contributed by atoms with E-state index < -0.39 is 5.91 Å². The Labute approximate surface area is 217 Å². The Morgan fingerprint density at radius 3 is 2.46 bits per heavy atom. The molecule has 0 bridgehead atoms. The van der Waals surface area contributed by atoms with Gasteiger partial charge in [0.15, 0.2) is 18.1 Å². The largest absolute Gasteiger partial charge is 0.493 e. The molecule has 0 atom stereocenters. The van der Waals surface area contributed by atoms with Crippen LogP contribution in [-0.4, -0.2) is 25.5 Å². The Morgan fingerprint density at radius 2 is 1.80 bits per heavy atom. The van der Waals surface area contributed by atoms with Crippen LogP contribution in [-0.2, 0) is 9.59 Å². The molecule has 0 spiro atoms. The quantitative estimate of drug-likeness (QED) is 0.209. The molecule has 0 aliphatic heterocycles. The fourth-order valence-corrected chi connectivity index (χ4v) is 4.06. The zero-order valence-electron chi connectivity index (χ0n) is 19.5. The van der Waals surface area contributed by atoms with Crippen molar-refractivity contribution in [1.29, 1.82) is 5.26 Å². The third-order valence-corrected chi connectivity index (χ3v) is 5.76. The third-order valence-electron chi connectivity index (χ3n) is 4.96. The van der Waals surface area contributed by atoms with Gasteiger partial charge in [0.05, 0.1) is 10.7 Å². The standard InChI is InChI=1S/C27H24IN3O4/c1-17-9-10-23(18(2)11-17)31-27(33)20(15-29)12-19-13-22(28)26(24(14-19)34-3)35-16-25(32)30-21-7-5-4-6-8-21/h4-14H,16H2,1-3H3,(H,30,32)(H,31,33)/b20-12+. The molecular weight excluding hydrogens is 557 g/mol. The molecule has 7 nitrogen and oxygen atoms in total. The Balaban J connectivity index is 1.75. The summed E-state index contributed by atoms with van der Waals surface area (Å²) in [5.41, 5.74) is 3.83. The minimum atomic E-state index is -0.508. The first-order valence-corrected chi connectivity index (χ1v) is 11.7. The van der Waals surface area contributed by atoms with Crippen LogP contribution in [0.1, 0.15) is 16.7 Å². The van der Waals surface area contributed by atoms with Crippen molar-refractivity contribution in [2.24, 2.45) is 0 Å². The molecule has 0 unspecified atom stereocenters. The highest BCUT2D eigenvalue weighted by Gasteiger charge is 2.16. The number of hydrogen-bond acceptors (Lipinski definition) is 5. The van der Waals surface area contributed by atoms with Crippen molar-refractivity contribution in [1.82, 2.24) is 0 Å². The topological polar surface area (TPSA) is 100 Å². The van der Waals surface area contributed by atoms with Crippen molar-refractivity contribution < 1.29 is 19.1 Å². The molecule has 0 aromatic heterocycles. The second kappa shape index (κ2) is 12.0. The molecule has 0 fully saturated rings. The number of aryl methyl sites for hydroxylation is 2. The summed E-state index contributed by atoms with van der Waals surface area (Å²) in [5, 5.41) is 15.1. The van der Waals surface area contributed by atoms with Gasteiger partial charge in [-0.15, -0.1) is 0 Å². The molecule has 0 aliphatic rings. The molecule has 3 aromatic rings. The van der Waals surface area contributed by atoms with Crippen molar-refractivity contribution in [3.8, 4) is 17.6 Å². The van der Waals surface area contributed by atoms with E-state index in [9.17, 15) is 14.9 Å². The number of methoxy groups -OCH3 is 1. The maximum absolute atomic E-state index is 12.7. The Bertz CT molecular complexity index is 1310. The molecule has 35 heavy (non-hydrogen) atoms. The summed E-state index contributed by atoms with van der Waals surface area (Å²) < 4.78 is 11.8. The van der Waals surface area contributed by atoms with Crippen molar-refractivity contribution in [2.75, 3.05) is 24.4 Å². The number of nitrogens with one attached hydrogen (secondary N) is 2. The molecule has 3 rings (SSSR count). The number of nitriles is 1. The number of anilines is 2. The molecule has 2 N–H and O–H groups in total. The van der Waals surface area contributed by atoms with Gasteiger partial charge in [-0.2, -0.15) is 5.26 Å². The average molecular weight is 581 g/mol. The number of rotatable bonds is 8. The lowest BCUT2D eigenvalue weighted by atomic mass is 10.1. The summed E-state index contributed by atoms with van der Waals surface area (Å²) in [6.07, 6.45) is 1.48. The van der Waals surface area contributed by atoms with Crippen LogP contribution < -0.4 is 20.1 Å². The van der Waals surface area contributed by atoms with E-state index in [0.717, 1.165) is 11.1 Å². The highest BCUT2D eigenvalue weighted by molar-refractivity contribution is 14.1. The fourth-order valence-electron chi connectivity index (χ4n) is 3.28. The first-order chi connectivity index (χ1) is 16.8. The Hall–Kier alpha value is -3.84. The van der Waals surface area contributed by atoms with Crippen molar-refractivity contribution in [3.63, 3.8) is 0 Å². The Kier molecular flexibility index (Phi) is 8.86. The van der Waals surface area contributed by atoms with Gasteiger partial charge in [0.2, 0.25) is 0 Å². The van der Waals surface area contributed by atoms with Gasteiger partial charge in [-0.05, 0) is 84.0 Å². The highest BCUT2D eigenvalue weighted by atomic mass is 127. The summed E-state index contributed by atoms with van der Waals surface area (Å²) in [5.74, 6) is -0.0476. The average Bonchev–Trinajstić information content (AvgIpc) is 2.83. The predicted octanol–water partition coefficient (Wildman–Crippen LogP) is 5.48. The third kappa shape index (κ3) is 7.07. The van der Waals surface area contributed by atoms with Crippen LogP contribution in [0.2, 0.25) is 0 Å². The maximum Gasteiger partial charge on any atom is 0.266 e. The number of carbonyl (C=O) groups is 2. The van der Waals surface area contributed by atoms with Gasteiger partial charge in [-0.1, -0.05) is 35.9 Å². The van der Waals surface area contributed by atoms with E-state index in [0.29, 0.717) is 32.0 Å². The Morgan fingerprint density at radius 1 is 1.06 bits per heavy atom. The fraction of sp³-hybridized carbons (Fsp3) is 0.148. The summed E-state index contributed by atoms with van der Waals surface area (Å²) in [6, 6.07) is 20.1. The zero-order valence-corrected chi connectivity index (χ0v) is 21.7.